The molecule has 0 aromatic heterocycles. The molecule has 0 radical (unpaired) electrons. The van der Waals surface area contributed by atoms with Crippen LogP contribution in [0.4, 0.5) is 42.1 Å². The zero-order chi connectivity index (χ0) is 30.8. The molecule has 1 atom stereocenters. The van der Waals surface area contributed by atoms with Gasteiger partial charge < -0.3 is 5.32 Å². The van der Waals surface area contributed by atoms with Crippen LogP contribution >= 0.6 is 11.8 Å². The zero-order valence-electron chi connectivity index (χ0n) is 21.3. The first-order valence-electron chi connectivity index (χ1n) is 11.8. The maximum atomic E-state index is 14.4. The van der Waals surface area contributed by atoms with Crippen molar-refractivity contribution in [2.75, 3.05) is 10.0 Å². The van der Waals surface area contributed by atoms with Crippen LogP contribution < -0.4 is 10.0 Å². The summed E-state index contributed by atoms with van der Waals surface area (Å²) in [5, 5.41) is 0.362. The molecule has 1 amide bonds. The van der Waals surface area contributed by atoms with E-state index >= 15 is 0 Å². The van der Waals surface area contributed by atoms with Gasteiger partial charge in [0, 0.05) is 10.6 Å². The molecule has 0 fully saturated rings. The fourth-order valence-electron chi connectivity index (χ4n) is 3.75. The van der Waals surface area contributed by atoms with E-state index in [2.05, 4.69) is 4.72 Å². The quantitative estimate of drug-likeness (QED) is 0.118. The molecule has 0 bridgehead atoms. The third-order valence-corrected chi connectivity index (χ3v) is 8.49. The van der Waals surface area contributed by atoms with E-state index in [1.54, 1.807) is 30.4 Å². The van der Waals surface area contributed by atoms with Gasteiger partial charge in [-0.1, -0.05) is 48.0 Å². The fraction of sp³-hybridized carbons (Fsp3) is 0.107. The highest BCUT2D eigenvalue weighted by molar-refractivity contribution is 8.00. The zero-order valence-corrected chi connectivity index (χ0v) is 22.9. The Balaban J connectivity index is 1.60. The maximum absolute atomic E-state index is 14.4. The first-order valence-corrected chi connectivity index (χ1v) is 14.2. The van der Waals surface area contributed by atoms with E-state index < -0.39 is 61.9 Å². The van der Waals surface area contributed by atoms with Crippen molar-refractivity contribution >= 4 is 39.1 Å². The fourth-order valence-corrected chi connectivity index (χ4v) is 5.83. The van der Waals surface area contributed by atoms with Gasteiger partial charge in [0.05, 0.1) is 4.90 Å². The number of aryl methyl sites for hydroxylation is 1. The van der Waals surface area contributed by atoms with Gasteiger partial charge in [0.15, 0.2) is 23.3 Å². The Bertz CT molecular complexity index is 1690. The molecule has 4 aromatic carbocycles. The van der Waals surface area contributed by atoms with E-state index in [1.807, 2.05) is 0 Å². The van der Waals surface area contributed by atoms with E-state index in [0.717, 1.165) is 17.3 Å². The van der Waals surface area contributed by atoms with Crippen molar-refractivity contribution < 1.29 is 43.9 Å². The molecule has 0 heterocycles. The molecule has 0 aliphatic carbocycles. The van der Waals surface area contributed by atoms with Gasteiger partial charge in [0.1, 0.15) is 16.5 Å². The predicted molar refractivity (Wildman–Crippen MR) is 143 cm³/mol. The molecule has 4 rings (SSSR count). The number of rotatable bonds is 8. The second kappa shape index (κ2) is 12.1. The van der Waals surface area contributed by atoms with Crippen LogP contribution in [0.2, 0.25) is 0 Å². The Kier molecular flexibility index (Phi) is 8.87. The van der Waals surface area contributed by atoms with Crippen LogP contribution in [0.15, 0.2) is 88.7 Å². The van der Waals surface area contributed by atoms with Crippen LogP contribution in [-0.4, -0.2) is 14.3 Å². The number of amides is 1. The van der Waals surface area contributed by atoms with Crippen molar-refractivity contribution in [3.05, 3.63) is 119 Å². The number of nitrogens with one attached hydrogen (secondary N) is 2. The van der Waals surface area contributed by atoms with Crippen molar-refractivity contribution in [1.82, 2.24) is 0 Å². The standard InChI is InChI=1S/C28H19F7N2O3S2/c1-15-7-13-19(14-8-15)42(39,40)37-17-9-11-18(12-10-17)41-26(16-5-3-2-4-6-16)27(38)36-25-23(31)21(29)20(28(33,34)35)22(30)24(25)32/h2-14,26,37H,1H3,(H,36,38). The minimum atomic E-state index is -5.73. The summed E-state index contributed by atoms with van der Waals surface area (Å²) in [5.74, 6) is -11.5. The predicted octanol–water partition coefficient (Wildman–Crippen LogP) is 7.84. The molecular formula is C28H19F7N2O3S2. The monoisotopic (exact) mass is 628 g/mol. The summed E-state index contributed by atoms with van der Waals surface area (Å²) in [6.45, 7) is 1.80. The van der Waals surface area contributed by atoms with Crippen molar-refractivity contribution in [2.24, 2.45) is 0 Å². The van der Waals surface area contributed by atoms with Gasteiger partial charge in [0.2, 0.25) is 5.91 Å². The number of thioether (sulfide) groups is 1. The summed E-state index contributed by atoms with van der Waals surface area (Å²) in [7, 11) is -3.91. The summed E-state index contributed by atoms with van der Waals surface area (Å²) in [4.78, 5) is 13.5. The van der Waals surface area contributed by atoms with Gasteiger partial charge >= 0.3 is 6.18 Å². The third-order valence-electron chi connectivity index (χ3n) is 5.83. The molecule has 0 aliphatic rings. The summed E-state index contributed by atoms with van der Waals surface area (Å²) in [6.07, 6.45) is -5.73. The van der Waals surface area contributed by atoms with Gasteiger partial charge in [-0.3, -0.25) is 9.52 Å². The highest BCUT2D eigenvalue weighted by atomic mass is 32.2. The van der Waals surface area contributed by atoms with Gasteiger partial charge in [-0.05, 0) is 48.9 Å². The molecule has 0 saturated carbocycles. The van der Waals surface area contributed by atoms with Crippen LogP contribution in [0, 0.1) is 30.2 Å². The third kappa shape index (κ3) is 6.71. The average Bonchev–Trinajstić information content (AvgIpc) is 2.93. The van der Waals surface area contributed by atoms with E-state index in [-0.39, 0.29) is 16.1 Å². The first kappa shape index (κ1) is 30.9. The maximum Gasteiger partial charge on any atom is 0.422 e. The molecule has 0 aliphatic heterocycles. The molecule has 2 N–H and O–H groups in total. The number of carbonyl (C=O) groups is 1. The number of carbonyl (C=O) groups excluding carboxylic acids is 1. The second-order valence-electron chi connectivity index (χ2n) is 8.84. The summed E-state index contributed by atoms with van der Waals surface area (Å²) >= 11 is 0.820. The lowest BCUT2D eigenvalue weighted by Crippen LogP contribution is -2.23. The summed E-state index contributed by atoms with van der Waals surface area (Å²) < 4.78 is 124. The SMILES string of the molecule is Cc1ccc(S(=O)(=O)Nc2ccc(SC(C(=O)Nc3c(F)c(F)c(C(F)(F)F)c(F)c3F)c3ccccc3)cc2)cc1. The molecule has 220 valence electrons. The van der Waals surface area contributed by atoms with Gasteiger partial charge in [-0.2, -0.15) is 13.2 Å². The van der Waals surface area contributed by atoms with Gasteiger partial charge in [0.25, 0.3) is 10.0 Å². The van der Waals surface area contributed by atoms with Crippen molar-refractivity contribution in [3.63, 3.8) is 0 Å². The Morgan fingerprint density at radius 3 is 1.86 bits per heavy atom. The van der Waals surface area contributed by atoms with Crippen LogP contribution in [0.25, 0.3) is 0 Å². The molecular weight excluding hydrogens is 609 g/mol. The Labute approximate surface area is 239 Å². The molecule has 5 nitrogen and oxygen atoms in total. The summed E-state index contributed by atoms with van der Waals surface area (Å²) in [5.41, 5.74) is -3.15. The van der Waals surface area contributed by atoms with Crippen molar-refractivity contribution in [3.8, 4) is 0 Å². The highest BCUT2D eigenvalue weighted by Crippen LogP contribution is 2.40. The molecule has 14 heteroatoms. The molecule has 0 saturated heterocycles. The number of sulfonamides is 1. The molecule has 4 aromatic rings. The van der Waals surface area contributed by atoms with Crippen LogP contribution in [0.1, 0.15) is 21.9 Å². The topological polar surface area (TPSA) is 75.3 Å². The lowest BCUT2D eigenvalue weighted by molar-refractivity contribution is -0.143. The first-order chi connectivity index (χ1) is 19.7. The highest BCUT2D eigenvalue weighted by Gasteiger charge is 2.42. The Morgan fingerprint density at radius 2 is 1.33 bits per heavy atom. The number of halogens is 7. The van der Waals surface area contributed by atoms with Crippen LogP contribution in [0.5, 0.6) is 0 Å². The van der Waals surface area contributed by atoms with Gasteiger partial charge in [-0.15, -0.1) is 11.8 Å². The molecule has 42 heavy (non-hydrogen) atoms. The number of hydrogen-bond acceptors (Lipinski definition) is 4. The van der Waals surface area contributed by atoms with Crippen molar-refractivity contribution in [2.45, 2.75) is 28.1 Å². The van der Waals surface area contributed by atoms with E-state index in [4.69, 9.17) is 0 Å². The lowest BCUT2D eigenvalue weighted by Gasteiger charge is -2.19. The number of alkyl halides is 3. The lowest BCUT2D eigenvalue weighted by atomic mass is 10.1. The minimum Gasteiger partial charge on any atom is -0.320 e. The Morgan fingerprint density at radius 1 is 0.786 bits per heavy atom. The minimum absolute atomic E-state index is 0.0305. The number of anilines is 2. The van der Waals surface area contributed by atoms with Crippen LogP contribution in [0.3, 0.4) is 0 Å². The largest absolute Gasteiger partial charge is 0.422 e. The number of hydrogen-bond donors (Lipinski definition) is 2. The van der Waals surface area contributed by atoms with E-state index in [1.165, 1.54) is 60.7 Å². The summed E-state index contributed by atoms with van der Waals surface area (Å²) in [6, 6.07) is 19.5. The smallest absolute Gasteiger partial charge is 0.320 e. The normalized spacial score (nSPS) is 12.6. The molecule has 1 unspecified atom stereocenters. The second-order valence-corrected chi connectivity index (χ2v) is 11.7. The average molecular weight is 629 g/mol. The van der Waals surface area contributed by atoms with Crippen molar-refractivity contribution in [1.29, 1.82) is 0 Å². The Hall–Kier alpha value is -4.04. The number of benzene rings is 4. The molecule has 0 spiro atoms. The van der Waals surface area contributed by atoms with E-state index in [9.17, 15) is 43.9 Å². The van der Waals surface area contributed by atoms with E-state index in [0.29, 0.717) is 4.90 Å². The van der Waals surface area contributed by atoms with Gasteiger partial charge in [-0.25, -0.2) is 26.0 Å². The van der Waals surface area contributed by atoms with Crippen LogP contribution in [-0.2, 0) is 21.0 Å².